The molecule has 4 heteroatoms. The van der Waals surface area contributed by atoms with Gasteiger partial charge >= 0.3 is 0 Å². The molecule has 164 valence electrons. The lowest BCUT2D eigenvalue weighted by Crippen LogP contribution is -2.40. The molecule has 0 spiro atoms. The zero-order chi connectivity index (χ0) is 20.8. The van der Waals surface area contributed by atoms with Crippen LogP contribution in [0, 0.1) is 0 Å². The van der Waals surface area contributed by atoms with E-state index in [-0.39, 0.29) is 0 Å². The summed E-state index contributed by atoms with van der Waals surface area (Å²) in [4.78, 5) is 1.73. The molecule has 0 saturated carbocycles. The summed E-state index contributed by atoms with van der Waals surface area (Å²) >= 11 is 4.64. The average molecular weight is 406 g/mol. The van der Waals surface area contributed by atoms with E-state index in [1.54, 1.807) is 18.7 Å². The molecule has 0 radical (unpaired) electrons. The summed E-state index contributed by atoms with van der Waals surface area (Å²) in [5.41, 5.74) is 0. The zero-order valence-electron chi connectivity index (χ0n) is 18.6. The maximum atomic E-state index is 9.57. The third-order valence-electron chi connectivity index (χ3n) is 4.89. The van der Waals surface area contributed by atoms with Crippen molar-refractivity contribution in [1.29, 1.82) is 0 Å². The largest absolute Gasteiger partial charge is 0.379 e. The SMILES string of the molecule is CCCCCCCC/C=C\CCCCCCCCN(C(C)O)C(C)O.CCl. The summed E-state index contributed by atoms with van der Waals surface area (Å²) in [5.74, 6) is 0. The van der Waals surface area contributed by atoms with Crippen molar-refractivity contribution in [2.75, 3.05) is 12.9 Å². The first-order chi connectivity index (χ1) is 13.1. The molecule has 0 aromatic rings. The van der Waals surface area contributed by atoms with Crippen LogP contribution in [-0.2, 0) is 0 Å². The summed E-state index contributed by atoms with van der Waals surface area (Å²) in [7, 11) is 0. The quantitative estimate of drug-likeness (QED) is 0.113. The van der Waals surface area contributed by atoms with Crippen LogP contribution in [0.5, 0.6) is 0 Å². The molecule has 0 heterocycles. The number of halogens is 1. The van der Waals surface area contributed by atoms with Crippen LogP contribution in [0.4, 0.5) is 0 Å². The van der Waals surface area contributed by atoms with E-state index in [9.17, 15) is 10.2 Å². The average Bonchev–Trinajstić information content (AvgIpc) is 2.65. The van der Waals surface area contributed by atoms with E-state index in [0.29, 0.717) is 0 Å². The van der Waals surface area contributed by atoms with Crippen molar-refractivity contribution in [2.45, 2.75) is 123 Å². The molecule has 0 aliphatic rings. The van der Waals surface area contributed by atoms with Gasteiger partial charge in [-0.2, -0.15) is 0 Å². The highest BCUT2D eigenvalue weighted by Gasteiger charge is 2.14. The second-order valence-corrected chi connectivity index (χ2v) is 7.44. The van der Waals surface area contributed by atoms with E-state index in [4.69, 9.17) is 0 Å². The molecule has 2 unspecified atom stereocenters. The Morgan fingerprint density at radius 2 is 1.04 bits per heavy atom. The molecule has 0 fully saturated rings. The molecule has 0 aliphatic heterocycles. The van der Waals surface area contributed by atoms with Crippen LogP contribution < -0.4 is 0 Å². The van der Waals surface area contributed by atoms with Gasteiger partial charge in [0.05, 0.1) is 0 Å². The van der Waals surface area contributed by atoms with Crippen molar-refractivity contribution in [3.8, 4) is 0 Å². The lowest BCUT2D eigenvalue weighted by Gasteiger charge is -2.27. The third kappa shape index (κ3) is 22.1. The Labute approximate surface area is 175 Å². The first kappa shape index (κ1) is 29.1. The number of unbranched alkanes of at least 4 members (excludes halogenated alkanes) is 12. The van der Waals surface area contributed by atoms with Crippen LogP contribution >= 0.6 is 11.6 Å². The Balaban J connectivity index is 0. The maximum absolute atomic E-state index is 9.57. The Morgan fingerprint density at radius 3 is 1.44 bits per heavy atom. The molecule has 0 rings (SSSR count). The molecular weight excluding hydrogens is 358 g/mol. The van der Waals surface area contributed by atoms with Crippen molar-refractivity contribution in [3.63, 3.8) is 0 Å². The van der Waals surface area contributed by atoms with Crippen molar-refractivity contribution < 1.29 is 10.2 Å². The predicted octanol–water partition coefficient (Wildman–Crippen LogP) is 6.86. The predicted molar refractivity (Wildman–Crippen MR) is 121 cm³/mol. The maximum Gasteiger partial charge on any atom is 0.106 e. The third-order valence-corrected chi connectivity index (χ3v) is 4.89. The molecule has 0 saturated heterocycles. The van der Waals surface area contributed by atoms with Gasteiger partial charge in [0.2, 0.25) is 0 Å². The number of aliphatic hydroxyl groups excluding tert-OH is 2. The minimum Gasteiger partial charge on any atom is -0.379 e. The number of rotatable bonds is 18. The lowest BCUT2D eigenvalue weighted by atomic mass is 10.1. The first-order valence-electron chi connectivity index (χ1n) is 11.2. The molecular formula is C23H48ClNO2. The molecule has 0 aromatic carbocycles. The standard InChI is InChI=1S/C22H45NO2.CH3Cl/c1-4-5-6-7-8-9-10-11-12-13-14-15-16-17-18-19-20-23(21(2)24)22(3)25;1-2/h11-12,21-22,24-25H,4-10,13-20H2,1-3H3;1H3/b12-11-;. The Hall–Kier alpha value is -0.0900. The summed E-state index contributed by atoms with van der Waals surface area (Å²) in [6.07, 6.45) is 23.3. The van der Waals surface area contributed by atoms with Gasteiger partial charge in [0, 0.05) is 12.9 Å². The fraction of sp³-hybridized carbons (Fsp3) is 0.913. The lowest BCUT2D eigenvalue weighted by molar-refractivity contribution is -0.0844. The number of allylic oxidation sites excluding steroid dienone is 2. The summed E-state index contributed by atoms with van der Waals surface area (Å²) in [5, 5.41) is 19.1. The molecule has 3 nitrogen and oxygen atoms in total. The number of aliphatic hydroxyl groups is 2. The van der Waals surface area contributed by atoms with Crippen molar-refractivity contribution >= 4 is 11.6 Å². The van der Waals surface area contributed by atoms with E-state index >= 15 is 0 Å². The molecule has 27 heavy (non-hydrogen) atoms. The van der Waals surface area contributed by atoms with Gasteiger partial charge < -0.3 is 10.2 Å². The summed E-state index contributed by atoms with van der Waals surface area (Å²) < 4.78 is 0. The van der Waals surface area contributed by atoms with Gasteiger partial charge in [0.15, 0.2) is 0 Å². The molecule has 2 atom stereocenters. The zero-order valence-corrected chi connectivity index (χ0v) is 19.4. The van der Waals surface area contributed by atoms with Gasteiger partial charge in [-0.1, -0.05) is 76.9 Å². The van der Waals surface area contributed by atoms with E-state index in [2.05, 4.69) is 30.7 Å². The number of alkyl halides is 1. The topological polar surface area (TPSA) is 43.7 Å². The van der Waals surface area contributed by atoms with Gasteiger partial charge in [-0.25, -0.2) is 0 Å². The van der Waals surface area contributed by atoms with Crippen LogP contribution in [0.3, 0.4) is 0 Å². The second-order valence-electron chi connectivity index (χ2n) is 7.44. The van der Waals surface area contributed by atoms with Crippen LogP contribution in [-0.4, -0.2) is 40.5 Å². The summed E-state index contributed by atoms with van der Waals surface area (Å²) in [6.45, 7) is 6.47. The van der Waals surface area contributed by atoms with E-state index in [1.165, 1.54) is 89.9 Å². The number of nitrogens with zero attached hydrogens (tertiary/aromatic N) is 1. The summed E-state index contributed by atoms with van der Waals surface area (Å²) in [6, 6.07) is 0. The van der Waals surface area contributed by atoms with Crippen LogP contribution in [0.15, 0.2) is 12.2 Å². The highest BCUT2D eigenvalue weighted by atomic mass is 35.5. The van der Waals surface area contributed by atoms with E-state index < -0.39 is 12.5 Å². The number of hydrogen-bond acceptors (Lipinski definition) is 3. The van der Waals surface area contributed by atoms with Crippen LogP contribution in [0.1, 0.15) is 111 Å². The fourth-order valence-electron chi connectivity index (χ4n) is 3.23. The Kier molecular flexibility index (Phi) is 25.8. The van der Waals surface area contributed by atoms with Gasteiger partial charge in [0.1, 0.15) is 12.5 Å². The van der Waals surface area contributed by atoms with E-state index in [1.807, 2.05) is 0 Å². The minimum atomic E-state index is -0.567. The first-order valence-corrected chi connectivity index (χ1v) is 12.0. The Bertz CT molecular complexity index is 288. The van der Waals surface area contributed by atoms with Gasteiger partial charge in [-0.15, -0.1) is 11.6 Å². The normalized spacial score (nSPS) is 13.6. The van der Waals surface area contributed by atoms with Crippen LogP contribution in [0.25, 0.3) is 0 Å². The molecule has 0 aromatic heterocycles. The smallest absolute Gasteiger partial charge is 0.106 e. The highest BCUT2D eigenvalue weighted by molar-refractivity contribution is 6.15. The van der Waals surface area contributed by atoms with Crippen molar-refractivity contribution in [3.05, 3.63) is 12.2 Å². The van der Waals surface area contributed by atoms with Gasteiger partial charge in [-0.05, 0) is 46.0 Å². The van der Waals surface area contributed by atoms with Crippen molar-refractivity contribution in [1.82, 2.24) is 4.90 Å². The van der Waals surface area contributed by atoms with E-state index in [0.717, 1.165) is 13.0 Å². The Morgan fingerprint density at radius 1 is 0.667 bits per heavy atom. The van der Waals surface area contributed by atoms with Gasteiger partial charge in [0.25, 0.3) is 0 Å². The van der Waals surface area contributed by atoms with Crippen molar-refractivity contribution in [2.24, 2.45) is 0 Å². The van der Waals surface area contributed by atoms with Crippen LogP contribution in [0.2, 0.25) is 0 Å². The monoisotopic (exact) mass is 405 g/mol. The molecule has 2 N–H and O–H groups in total. The molecule has 0 bridgehead atoms. The minimum absolute atomic E-state index is 0.567. The molecule has 0 aliphatic carbocycles. The van der Waals surface area contributed by atoms with Gasteiger partial charge in [-0.3, -0.25) is 4.90 Å². The fourth-order valence-corrected chi connectivity index (χ4v) is 3.23. The molecule has 0 amide bonds. The second kappa shape index (κ2) is 23.9. The highest BCUT2D eigenvalue weighted by Crippen LogP contribution is 2.11. The number of hydrogen-bond donors (Lipinski definition) is 2.